The van der Waals surface area contributed by atoms with Gasteiger partial charge in [-0.1, -0.05) is 12.1 Å². The molecular weight excluding hydrogens is 389 g/mol. The van der Waals surface area contributed by atoms with Crippen LogP contribution in [0, 0.1) is 5.82 Å². The quantitative estimate of drug-likeness (QED) is 0.627. The van der Waals surface area contributed by atoms with Crippen molar-refractivity contribution in [3.63, 3.8) is 0 Å². The second-order valence-electron chi connectivity index (χ2n) is 6.39. The van der Waals surface area contributed by atoms with Crippen molar-refractivity contribution in [2.75, 3.05) is 14.1 Å². The monoisotopic (exact) mass is 409 g/mol. The number of hydrogen-bond donors (Lipinski definition) is 1. The van der Waals surface area contributed by atoms with E-state index in [0.717, 1.165) is 16.1 Å². The molecule has 0 bridgehead atoms. The Kier molecular flexibility index (Phi) is 6.51. The molecule has 0 saturated heterocycles. The third-order valence-electron chi connectivity index (χ3n) is 4.25. The smallest absolute Gasteiger partial charge is 0.251 e. The van der Waals surface area contributed by atoms with Crippen molar-refractivity contribution in [1.82, 2.24) is 15.2 Å². The molecule has 0 aliphatic carbocycles. The van der Waals surface area contributed by atoms with Gasteiger partial charge in [-0.15, -0.1) is 11.3 Å². The summed E-state index contributed by atoms with van der Waals surface area (Å²) in [5.41, 5.74) is 3.01. The summed E-state index contributed by atoms with van der Waals surface area (Å²) in [6, 6.07) is 13.3. The van der Waals surface area contributed by atoms with Crippen molar-refractivity contribution >= 4 is 29.2 Å². The third-order valence-corrected chi connectivity index (χ3v) is 5.16. The van der Waals surface area contributed by atoms with Gasteiger partial charge in [0.25, 0.3) is 5.91 Å². The number of thiazole rings is 1. The van der Waals surface area contributed by atoms with Crippen LogP contribution < -0.4 is 5.32 Å². The molecule has 0 aliphatic heterocycles. The highest BCUT2D eigenvalue weighted by Crippen LogP contribution is 2.24. The molecule has 1 aromatic heterocycles. The molecule has 0 spiro atoms. The lowest BCUT2D eigenvalue weighted by Gasteiger charge is -2.15. The van der Waals surface area contributed by atoms with Crippen molar-refractivity contribution < 1.29 is 14.0 Å². The van der Waals surface area contributed by atoms with Crippen LogP contribution in [0.2, 0.25) is 0 Å². The molecule has 3 aromatic rings. The number of nitrogens with one attached hydrogen (secondary N) is 1. The molecule has 1 N–H and O–H groups in total. The van der Waals surface area contributed by atoms with Gasteiger partial charge < -0.3 is 10.2 Å². The number of rotatable bonds is 6. The average Bonchev–Trinajstić information content (AvgIpc) is 3.21. The van der Waals surface area contributed by atoms with Gasteiger partial charge in [-0.3, -0.25) is 9.59 Å². The van der Waals surface area contributed by atoms with E-state index in [2.05, 4.69) is 10.3 Å². The Labute approximate surface area is 172 Å². The summed E-state index contributed by atoms with van der Waals surface area (Å²) in [4.78, 5) is 30.0. The molecule has 0 atom stereocenters. The van der Waals surface area contributed by atoms with Crippen LogP contribution in [-0.4, -0.2) is 35.8 Å². The van der Waals surface area contributed by atoms with Crippen LogP contribution in [0.4, 0.5) is 4.39 Å². The number of aromatic nitrogens is 1. The zero-order valence-electron chi connectivity index (χ0n) is 16.1. The van der Waals surface area contributed by atoms with Crippen molar-refractivity contribution in [3.05, 3.63) is 82.6 Å². The van der Waals surface area contributed by atoms with Crippen LogP contribution in [0.1, 0.15) is 21.6 Å². The first kappa shape index (κ1) is 20.4. The number of carbonyl (C=O) groups excluding carboxylic acids is 2. The maximum Gasteiger partial charge on any atom is 0.251 e. The summed E-state index contributed by atoms with van der Waals surface area (Å²) < 4.78 is 13.0. The second-order valence-corrected chi connectivity index (χ2v) is 7.25. The van der Waals surface area contributed by atoms with Gasteiger partial charge in [0.1, 0.15) is 10.8 Å². The zero-order valence-corrected chi connectivity index (χ0v) is 16.9. The summed E-state index contributed by atoms with van der Waals surface area (Å²) >= 11 is 1.43. The minimum Gasteiger partial charge on any atom is -0.355 e. The Morgan fingerprint density at radius 2 is 1.83 bits per heavy atom. The average molecular weight is 409 g/mol. The fraction of sp³-hybridized carbons (Fsp3) is 0.136. The molecule has 3 rings (SSSR count). The molecule has 2 aromatic carbocycles. The fourth-order valence-corrected chi connectivity index (χ4v) is 3.42. The van der Waals surface area contributed by atoms with Crippen molar-refractivity contribution in [2.45, 2.75) is 6.54 Å². The van der Waals surface area contributed by atoms with Crippen LogP contribution in [0.25, 0.3) is 16.6 Å². The molecule has 0 unspecified atom stereocenters. The van der Waals surface area contributed by atoms with Gasteiger partial charge >= 0.3 is 0 Å². The molecule has 2 amide bonds. The predicted molar refractivity (Wildman–Crippen MR) is 113 cm³/mol. The van der Waals surface area contributed by atoms with Crippen LogP contribution in [0.15, 0.2) is 60.0 Å². The lowest BCUT2D eigenvalue weighted by molar-refractivity contribution is -0.125. The Hall–Kier alpha value is -3.32. The first-order valence-electron chi connectivity index (χ1n) is 8.92. The highest BCUT2D eigenvalue weighted by atomic mass is 32.1. The van der Waals surface area contributed by atoms with E-state index in [1.165, 1.54) is 29.5 Å². The molecule has 0 aliphatic rings. The Bertz CT molecular complexity index is 1030. The van der Waals surface area contributed by atoms with Gasteiger partial charge in [0.05, 0.1) is 5.69 Å². The molecule has 0 fully saturated rings. The number of halogens is 1. The highest BCUT2D eigenvalue weighted by Gasteiger charge is 2.08. The van der Waals surface area contributed by atoms with E-state index in [1.54, 1.807) is 49.3 Å². The van der Waals surface area contributed by atoms with Crippen LogP contribution in [-0.2, 0) is 11.3 Å². The minimum atomic E-state index is -0.290. The van der Waals surface area contributed by atoms with E-state index in [9.17, 15) is 14.0 Å². The van der Waals surface area contributed by atoms with Gasteiger partial charge in [0.15, 0.2) is 0 Å². The molecular formula is C22H20FN3O2S. The van der Waals surface area contributed by atoms with E-state index in [1.807, 2.05) is 17.5 Å². The third kappa shape index (κ3) is 5.36. The first-order chi connectivity index (χ1) is 14.0. The molecule has 0 saturated carbocycles. The predicted octanol–water partition coefficient (Wildman–Crippen LogP) is 3.98. The number of carbonyl (C=O) groups is 2. The molecule has 148 valence electrons. The van der Waals surface area contributed by atoms with Crippen LogP contribution in [0.5, 0.6) is 0 Å². The summed E-state index contributed by atoms with van der Waals surface area (Å²) in [6.07, 6.45) is 3.14. The Balaban J connectivity index is 1.60. The number of likely N-dealkylation sites (N-methyl/N-ethyl adjacent to an activating group) is 1. The number of benzene rings is 2. The fourth-order valence-electron chi connectivity index (χ4n) is 2.63. The summed E-state index contributed by atoms with van der Waals surface area (Å²) in [5, 5.41) is 5.18. The molecule has 5 nitrogen and oxygen atoms in total. The summed E-state index contributed by atoms with van der Waals surface area (Å²) in [5.74, 6) is -0.591. The summed E-state index contributed by atoms with van der Waals surface area (Å²) in [7, 11) is 3.30. The lowest BCUT2D eigenvalue weighted by Crippen LogP contribution is -2.24. The van der Waals surface area contributed by atoms with Crippen LogP contribution in [0.3, 0.4) is 0 Å². The van der Waals surface area contributed by atoms with Gasteiger partial charge in [0.2, 0.25) is 5.91 Å². The van der Waals surface area contributed by atoms with Gasteiger partial charge in [-0.25, -0.2) is 9.37 Å². The second kappa shape index (κ2) is 9.25. The molecule has 7 heteroatoms. The SMILES string of the molecule is CNC(=O)c1ccc(CN(C)C(=O)/C=C/c2csc(-c3ccc(F)cc3)n2)cc1. The van der Waals surface area contributed by atoms with Gasteiger partial charge in [-0.05, 0) is 48.0 Å². The number of nitrogens with zero attached hydrogens (tertiary/aromatic N) is 2. The van der Waals surface area contributed by atoms with Gasteiger partial charge in [-0.2, -0.15) is 0 Å². The van der Waals surface area contributed by atoms with E-state index in [0.29, 0.717) is 17.8 Å². The molecule has 0 radical (unpaired) electrons. The van der Waals surface area contributed by atoms with E-state index in [-0.39, 0.29) is 17.6 Å². The molecule has 1 heterocycles. The van der Waals surface area contributed by atoms with E-state index in [4.69, 9.17) is 0 Å². The maximum absolute atomic E-state index is 13.0. The number of hydrogen-bond acceptors (Lipinski definition) is 4. The normalized spacial score (nSPS) is 10.9. The van der Waals surface area contributed by atoms with Crippen molar-refractivity contribution in [3.8, 4) is 10.6 Å². The summed E-state index contributed by atoms with van der Waals surface area (Å²) in [6.45, 7) is 0.426. The Morgan fingerprint density at radius 3 is 2.48 bits per heavy atom. The zero-order chi connectivity index (χ0) is 20.8. The highest BCUT2D eigenvalue weighted by molar-refractivity contribution is 7.13. The minimum absolute atomic E-state index is 0.146. The van der Waals surface area contributed by atoms with E-state index >= 15 is 0 Å². The standard InChI is InChI=1S/C22H20FN3O2S/c1-24-21(28)16-5-3-15(4-6-16)13-26(2)20(27)12-11-19-14-29-22(25-19)17-7-9-18(23)10-8-17/h3-12,14H,13H2,1-2H3,(H,24,28)/b12-11+. The van der Waals surface area contributed by atoms with Crippen molar-refractivity contribution in [1.29, 1.82) is 0 Å². The first-order valence-corrected chi connectivity index (χ1v) is 9.80. The number of amides is 2. The maximum atomic E-state index is 13.0. The topological polar surface area (TPSA) is 62.3 Å². The van der Waals surface area contributed by atoms with Gasteiger partial charge in [0, 0.05) is 43.2 Å². The lowest BCUT2D eigenvalue weighted by atomic mass is 10.1. The van der Waals surface area contributed by atoms with E-state index < -0.39 is 0 Å². The molecule has 29 heavy (non-hydrogen) atoms. The largest absolute Gasteiger partial charge is 0.355 e. The van der Waals surface area contributed by atoms with Crippen LogP contribution >= 0.6 is 11.3 Å². The Morgan fingerprint density at radius 1 is 1.14 bits per heavy atom. The van der Waals surface area contributed by atoms with Crippen molar-refractivity contribution in [2.24, 2.45) is 0 Å².